The molecule has 0 aromatic carbocycles. The van der Waals surface area contributed by atoms with Crippen molar-refractivity contribution >= 4 is 0 Å². The van der Waals surface area contributed by atoms with Crippen LogP contribution in [0.3, 0.4) is 0 Å². The number of hydrogen-bond acceptors (Lipinski definition) is 3. The van der Waals surface area contributed by atoms with E-state index in [4.69, 9.17) is 15.2 Å². The summed E-state index contributed by atoms with van der Waals surface area (Å²) in [6, 6.07) is 0.151. The van der Waals surface area contributed by atoms with Crippen LogP contribution in [0.5, 0.6) is 0 Å². The van der Waals surface area contributed by atoms with E-state index in [1.54, 1.807) is 0 Å². The second-order valence-electron chi connectivity index (χ2n) is 5.33. The van der Waals surface area contributed by atoms with Gasteiger partial charge in [0.25, 0.3) is 0 Å². The Morgan fingerprint density at radius 3 is 2.44 bits per heavy atom. The van der Waals surface area contributed by atoms with Crippen molar-refractivity contribution in [1.29, 1.82) is 0 Å². The van der Waals surface area contributed by atoms with Crippen molar-refractivity contribution in [3.63, 3.8) is 0 Å². The van der Waals surface area contributed by atoms with Crippen LogP contribution in [0.4, 0.5) is 0 Å². The van der Waals surface area contributed by atoms with Crippen LogP contribution in [0.1, 0.15) is 44.9 Å². The second kappa shape index (κ2) is 5.48. The molecular formula is C13H25NO2. The quantitative estimate of drug-likeness (QED) is 0.751. The summed E-state index contributed by atoms with van der Waals surface area (Å²) in [6.07, 6.45) is 8.54. The molecule has 2 atom stereocenters. The summed E-state index contributed by atoms with van der Waals surface area (Å²) in [7, 11) is 1.83. The van der Waals surface area contributed by atoms with E-state index in [2.05, 4.69) is 0 Å². The van der Waals surface area contributed by atoms with E-state index in [1.165, 1.54) is 25.7 Å². The first-order valence-electron chi connectivity index (χ1n) is 6.67. The van der Waals surface area contributed by atoms with Crippen molar-refractivity contribution in [3.05, 3.63) is 0 Å². The molecule has 0 amide bonds. The highest BCUT2D eigenvalue weighted by atomic mass is 16.5. The molecule has 0 aromatic rings. The Morgan fingerprint density at radius 2 is 1.94 bits per heavy atom. The molecule has 2 fully saturated rings. The molecule has 3 nitrogen and oxygen atoms in total. The number of rotatable bonds is 3. The summed E-state index contributed by atoms with van der Waals surface area (Å²) in [5, 5.41) is 0. The predicted octanol–water partition coefficient (Wildman–Crippen LogP) is 2.09. The smallest absolute Gasteiger partial charge is 0.0832 e. The van der Waals surface area contributed by atoms with E-state index in [-0.39, 0.29) is 11.6 Å². The van der Waals surface area contributed by atoms with Crippen LogP contribution < -0.4 is 5.73 Å². The van der Waals surface area contributed by atoms with Gasteiger partial charge in [-0.25, -0.2) is 0 Å². The van der Waals surface area contributed by atoms with Crippen LogP contribution in [0.25, 0.3) is 0 Å². The van der Waals surface area contributed by atoms with Crippen LogP contribution in [0.2, 0.25) is 0 Å². The largest absolute Gasteiger partial charge is 0.381 e. The van der Waals surface area contributed by atoms with Crippen LogP contribution >= 0.6 is 0 Å². The summed E-state index contributed by atoms with van der Waals surface area (Å²) in [5.74, 6) is 0.498. The summed E-state index contributed by atoms with van der Waals surface area (Å²) >= 11 is 0. The molecule has 1 heterocycles. The summed E-state index contributed by atoms with van der Waals surface area (Å²) < 4.78 is 11.3. The Bertz CT molecular complexity index is 206. The molecule has 0 bridgehead atoms. The standard InChI is InChI=1S/C13H25NO2/c1-15-13(7-4-2-3-5-8-13)12(14)11-6-9-16-10-11/h11-12H,2-10,14H2,1H3. The molecule has 16 heavy (non-hydrogen) atoms. The zero-order valence-electron chi connectivity index (χ0n) is 10.4. The second-order valence-corrected chi connectivity index (χ2v) is 5.33. The fourth-order valence-electron chi connectivity index (χ4n) is 3.27. The zero-order valence-corrected chi connectivity index (χ0v) is 10.4. The van der Waals surface area contributed by atoms with Gasteiger partial charge in [-0.05, 0) is 19.3 Å². The molecule has 1 aliphatic carbocycles. The van der Waals surface area contributed by atoms with Crippen molar-refractivity contribution in [2.45, 2.75) is 56.6 Å². The highest BCUT2D eigenvalue weighted by Crippen LogP contribution is 2.36. The van der Waals surface area contributed by atoms with Crippen molar-refractivity contribution < 1.29 is 9.47 Å². The average Bonchev–Trinajstić information content (AvgIpc) is 2.73. The van der Waals surface area contributed by atoms with Gasteiger partial charge in [0.2, 0.25) is 0 Å². The monoisotopic (exact) mass is 227 g/mol. The maximum atomic E-state index is 6.46. The van der Waals surface area contributed by atoms with Gasteiger partial charge < -0.3 is 15.2 Å². The third kappa shape index (κ3) is 2.41. The Hall–Kier alpha value is -0.120. The van der Waals surface area contributed by atoms with Gasteiger partial charge in [0.15, 0.2) is 0 Å². The maximum absolute atomic E-state index is 6.46. The van der Waals surface area contributed by atoms with Crippen molar-refractivity contribution in [3.8, 4) is 0 Å². The highest BCUT2D eigenvalue weighted by molar-refractivity contribution is 4.97. The van der Waals surface area contributed by atoms with E-state index < -0.39 is 0 Å². The van der Waals surface area contributed by atoms with Gasteiger partial charge in [-0.2, -0.15) is 0 Å². The van der Waals surface area contributed by atoms with Crippen molar-refractivity contribution in [2.75, 3.05) is 20.3 Å². The van der Waals surface area contributed by atoms with Crippen LogP contribution in [-0.4, -0.2) is 32.0 Å². The SMILES string of the molecule is COC1(C(N)C2CCOC2)CCCCCC1. The first-order valence-corrected chi connectivity index (χ1v) is 6.67. The molecule has 0 aromatic heterocycles. The van der Waals surface area contributed by atoms with Gasteiger partial charge in [0.05, 0.1) is 12.2 Å². The molecular weight excluding hydrogens is 202 g/mol. The molecule has 2 aliphatic rings. The summed E-state index contributed by atoms with van der Waals surface area (Å²) in [6.45, 7) is 1.70. The zero-order chi connectivity index (χ0) is 11.4. The lowest BCUT2D eigenvalue weighted by Gasteiger charge is -2.39. The van der Waals surface area contributed by atoms with Crippen molar-refractivity contribution in [1.82, 2.24) is 0 Å². The summed E-state index contributed by atoms with van der Waals surface area (Å²) in [4.78, 5) is 0. The van der Waals surface area contributed by atoms with Gasteiger partial charge in [-0.3, -0.25) is 0 Å². The predicted molar refractivity (Wildman–Crippen MR) is 64.3 cm³/mol. The fourth-order valence-corrected chi connectivity index (χ4v) is 3.27. The minimum Gasteiger partial charge on any atom is -0.381 e. The number of ether oxygens (including phenoxy) is 2. The molecule has 1 saturated carbocycles. The third-order valence-electron chi connectivity index (χ3n) is 4.44. The Labute approximate surface area is 98.7 Å². The normalized spacial score (nSPS) is 32.2. The van der Waals surface area contributed by atoms with E-state index >= 15 is 0 Å². The molecule has 1 aliphatic heterocycles. The van der Waals surface area contributed by atoms with Crippen LogP contribution in [0.15, 0.2) is 0 Å². The van der Waals surface area contributed by atoms with Gasteiger partial charge in [-0.15, -0.1) is 0 Å². The first kappa shape index (κ1) is 12.3. The third-order valence-corrected chi connectivity index (χ3v) is 4.44. The van der Waals surface area contributed by atoms with E-state index in [1.807, 2.05) is 7.11 Å². The molecule has 3 heteroatoms. The summed E-state index contributed by atoms with van der Waals surface area (Å²) in [5.41, 5.74) is 6.39. The molecule has 2 rings (SSSR count). The number of methoxy groups -OCH3 is 1. The lowest BCUT2D eigenvalue weighted by Crippen LogP contribution is -2.53. The lowest BCUT2D eigenvalue weighted by molar-refractivity contribution is -0.0576. The molecule has 1 saturated heterocycles. The molecule has 0 radical (unpaired) electrons. The molecule has 94 valence electrons. The Balaban J connectivity index is 2.05. The van der Waals surface area contributed by atoms with Crippen LogP contribution in [-0.2, 0) is 9.47 Å². The van der Waals surface area contributed by atoms with Crippen molar-refractivity contribution in [2.24, 2.45) is 11.7 Å². The minimum atomic E-state index is -0.0745. The van der Waals surface area contributed by atoms with E-state index in [9.17, 15) is 0 Å². The van der Waals surface area contributed by atoms with Gasteiger partial charge in [0, 0.05) is 25.7 Å². The highest BCUT2D eigenvalue weighted by Gasteiger charge is 2.42. The van der Waals surface area contributed by atoms with Crippen LogP contribution in [0, 0.1) is 5.92 Å². The van der Waals surface area contributed by atoms with Gasteiger partial charge >= 0.3 is 0 Å². The molecule has 2 unspecified atom stereocenters. The minimum absolute atomic E-state index is 0.0745. The molecule has 2 N–H and O–H groups in total. The van der Waals surface area contributed by atoms with Gasteiger partial charge in [-0.1, -0.05) is 25.7 Å². The lowest BCUT2D eigenvalue weighted by atomic mass is 9.79. The Morgan fingerprint density at radius 1 is 1.25 bits per heavy atom. The average molecular weight is 227 g/mol. The molecule has 0 spiro atoms. The number of nitrogens with two attached hydrogens (primary N) is 1. The fraction of sp³-hybridized carbons (Fsp3) is 1.00. The number of hydrogen-bond donors (Lipinski definition) is 1. The Kier molecular flexibility index (Phi) is 4.22. The van der Waals surface area contributed by atoms with E-state index in [0.29, 0.717) is 5.92 Å². The van der Waals surface area contributed by atoms with E-state index in [0.717, 1.165) is 32.5 Å². The topological polar surface area (TPSA) is 44.5 Å². The maximum Gasteiger partial charge on any atom is 0.0832 e. The van der Waals surface area contributed by atoms with Gasteiger partial charge in [0.1, 0.15) is 0 Å². The first-order chi connectivity index (χ1) is 7.78.